The number of ether oxygens (including phenoxy) is 1. The first-order valence-electron chi connectivity index (χ1n) is 8.01. The van der Waals surface area contributed by atoms with Gasteiger partial charge in [-0.15, -0.1) is 0 Å². The maximum atomic E-state index is 10.7. The second-order valence-corrected chi connectivity index (χ2v) is 5.64. The highest BCUT2D eigenvalue weighted by molar-refractivity contribution is 5.75. The van der Waals surface area contributed by atoms with Crippen LogP contribution in [0.1, 0.15) is 11.1 Å². The molecule has 6 nitrogen and oxygen atoms in total. The average Bonchev–Trinajstić information content (AvgIpc) is 3.10. The number of amides is 1. The molecule has 0 saturated heterocycles. The third-order valence-electron chi connectivity index (χ3n) is 3.73. The van der Waals surface area contributed by atoms with Crippen LogP contribution in [0.5, 0.6) is 5.75 Å². The minimum atomic E-state index is -0.486. The second kappa shape index (κ2) is 8.12. The molecule has 0 radical (unpaired) electrons. The minimum absolute atomic E-state index is 0.111. The van der Waals surface area contributed by atoms with E-state index in [1.165, 1.54) is 0 Å². The maximum absolute atomic E-state index is 10.7. The fourth-order valence-corrected chi connectivity index (χ4v) is 2.50. The van der Waals surface area contributed by atoms with Gasteiger partial charge in [-0.25, -0.2) is 0 Å². The Bertz CT molecular complexity index is 813. The molecule has 0 aliphatic rings. The number of nitrogens with one attached hydrogen (secondary N) is 2. The molecular formula is C19H20N4O2. The molecule has 0 aliphatic carbocycles. The standard InChI is InChI=1S/C19H20N4O2/c20-18(24)13-25-17-8-6-14(7-9-17)10-21-11-16-12-22-23-19(16)15-4-2-1-3-5-15/h1-9,12,21H,10-11,13H2,(H2,20,24)(H,22,23). The molecule has 3 aromatic rings. The van der Waals surface area contributed by atoms with Crippen molar-refractivity contribution in [2.24, 2.45) is 5.73 Å². The lowest BCUT2D eigenvalue weighted by molar-refractivity contribution is -0.119. The van der Waals surface area contributed by atoms with Gasteiger partial charge in [-0.05, 0) is 23.3 Å². The molecule has 0 aliphatic heterocycles. The van der Waals surface area contributed by atoms with Crippen LogP contribution < -0.4 is 15.8 Å². The van der Waals surface area contributed by atoms with Gasteiger partial charge >= 0.3 is 0 Å². The molecule has 1 aromatic heterocycles. The van der Waals surface area contributed by atoms with Gasteiger partial charge in [-0.2, -0.15) is 5.10 Å². The third kappa shape index (κ3) is 4.68. The topological polar surface area (TPSA) is 93.0 Å². The number of nitrogens with zero attached hydrogens (tertiary/aromatic N) is 1. The van der Waals surface area contributed by atoms with E-state index in [1.54, 1.807) is 0 Å². The van der Waals surface area contributed by atoms with E-state index in [2.05, 4.69) is 27.6 Å². The molecule has 0 bridgehead atoms. The van der Waals surface area contributed by atoms with E-state index < -0.39 is 5.91 Å². The Balaban J connectivity index is 1.54. The van der Waals surface area contributed by atoms with Gasteiger partial charge in [0, 0.05) is 18.7 Å². The van der Waals surface area contributed by atoms with Crippen LogP contribution in [0.4, 0.5) is 0 Å². The summed E-state index contributed by atoms with van der Waals surface area (Å²) < 4.78 is 5.24. The van der Waals surface area contributed by atoms with Gasteiger partial charge in [0.25, 0.3) is 5.91 Å². The van der Waals surface area contributed by atoms with Crippen molar-refractivity contribution in [2.75, 3.05) is 6.61 Å². The number of H-pyrrole nitrogens is 1. The first-order valence-corrected chi connectivity index (χ1v) is 8.01. The van der Waals surface area contributed by atoms with E-state index in [4.69, 9.17) is 10.5 Å². The van der Waals surface area contributed by atoms with Crippen molar-refractivity contribution in [1.29, 1.82) is 0 Å². The molecule has 0 saturated carbocycles. The molecule has 1 amide bonds. The van der Waals surface area contributed by atoms with Crippen molar-refractivity contribution in [3.63, 3.8) is 0 Å². The number of carbonyl (C=O) groups excluding carboxylic acids is 1. The van der Waals surface area contributed by atoms with Gasteiger partial charge in [0.05, 0.1) is 11.9 Å². The zero-order chi connectivity index (χ0) is 17.5. The number of aromatic amines is 1. The summed E-state index contributed by atoms with van der Waals surface area (Å²) in [5.41, 5.74) is 9.44. The van der Waals surface area contributed by atoms with Gasteiger partial charge < -0.3 is 15.8 Å². The van der Waals surface area contributed by atoms with Crippen LogP contribution >= 0.6 is 0 Å². The molecule has 128 valence electrons. The van der Waals surface area contributed by atoms with Crippen molar-refractivity contribution in [1.82, 2.24) is 15.5 Å². The lowest BCUT2D eigenvalue weighted by Gasteiger charge is -2.08. The number of benzene rings is 2. The number of primary amides is 1. The summed E-state index contributed by atoms with van der Waals surface area (Å²) in [5.74, 6) is 0.142. The van der Waals surface area contributed by atoms with E-state index in [0.717, 1.165) is 28.9 Å². The number of hydrogen-bond acceptors (Lipinski definition) is 4. The van der Waals surface area contributed by atoms with E-state index in [9.17, 15) is 4.79 Å². The van der Waals surface area contributed by atoms with Crippen LogP contribution in [-0.4, -0.2) is 22.7 Å². The normalized spacial score (nSPS) is 10.6. The third-order valence-corrected chi connectivity index (χ3v) is 3.73. The Morgan fingerprint density at radius 1 is 1.08 bits per heavy atom. The molecule has 0 fully saturated rings. The molecular weight excluding hydrogens is 316 g/mol. The van der Waals surface area contributed by atoms with E-state index in [1.807, 2.05) is 48.7 Å². The number of hydrogen-bond donors (Lipinski definition) is 3. The maximum Gasteiger partial charge on any atom is 0.255 e. The first kappa shape index (κ1) is 16.7. The summed E-state index contributed by atoms with van der Waals surface area (Å²) in [6.45, 7) is 1.32. The highest BCUT2D eigenvalue weighted by Gasteiger charge is 2.07. The van der Waals surface area contributed by atoms with Crippen molar-refractivity contribution in [3.8, 4) is 17.0 Å². The minimum Gasteiger partial charge on any atom is -0.484 e. The molecule has 2 aromatic carbocycles. The van der Waals surface area contributed by atoms with Crippen molar-refractivity contribution in [2.45, 2.75) is 13.1 Å². The second-order valence-electron chi connectivity index (χ2n) is 5.64. The Hall–Kier alpha value is -3.12. The molecule has 1 heterocycles. The number of rotatable bonds is 8. The van der Waals surface area contributed by atoms with Crippen LogP contribution in [0.15, 0.2) is 60.8 Å². The molecule has 0 unspecified atom stereocenters. The van der Waals surface area contributed by atoms with Gasteiger partial charge in [-0.1, -0.05) is 42.5 Å². The average molecular weight is 336 g/mol. The van der Waals surface area contributed by atoms with Crippen LogP contribution in [-0.2, 0) is 17.9 Å². The summed E-state index contributed by atoms with van der Waals surface area (Å²) in [7, 11) is 0. The molecule has 3 rings (SSSR count). The Morgan fingerprint density at radius 3 is 2.56 bits per heavy atom. The fourth-order valence-electron chi connectivity index (χ4n) is 2.50. The molecule has 25 heavy (non-hydrogen) atoms. The largest absolute Gasteiger partial charge is 0.484 e. The van der Waals surface area contributed by atoms with Gasteiger partial charge in [-0.3, -0.25) is 9.89 Å². The lowest BCUT2D eigenvalue weighted by atomic mass is 10.1. The Kier molecular flexibility index (Phi) is 5.43. The van der Waals surface area contributed by atoms with Crippen molar-refractivity contribution in [3.05, 3.63) is 71.9 Å². The van der Waals surface area contributed by atoms with Gasteiger partial charge in [0.2, 0.25) is 0 Å². The van der Waals surface area contributed by atoms with Crippen molar-refractivity contribution >= 4 is 5.91 Å². The number of aromatic nitrogens is 2. The number of nitrogens with two attached hydrogens (primary N) is 1. The smallest absolute Gasteiger partial charge is 0.255 e. The van der Waals surface area contributed by atoms with E-state index in [-0.39, 0.29) is 6.61 Å². The Labute approximate surface area is 146 Å². The Morgan fingerprint density at radius 2 is 1.84 bits per heavy atom. The fraction of sp³-hybridized carbons (Fsp3) is 0.158. The lowest BCUT2D eigenvalue weighted by Crippen LogP contribution is -2.20. The zero-order valence-electron chi connectivity index (χ0n) is 13.7. The van der Waals surface area contributed by atoms with Crippen LogP contribution in [0.3, 0.4) is 0 Å². The highest BCUT2D eigenvalue weighted by atomic mass is 16.5. The molecule has 4 N–H and O–H groups in total. The summed E-state index contributed by atoms with van der Waals surface area (Å²) in [6, 6.07) is 17.7. The van der Waals surface area contributed by atoms with Crippen LogP contribution in [0.2, 0.25) is 0 Å². The summed E-state index contributed by atoms with van der Waals surface area (Å²) in [4.78, 5) is 10.7. The van der Waals surface area contributed by atoms with Crippen LogP contribution in [0.25, 0.3) is 11.3 Å². The quantitative estimate of drug-likeness (QED) is 0.588. The first-order chi connectivity index (χ1) is 12.2. The monoisotopic (exact) mass is 336 g/mol. The predicted molar refractivity (Wildman–Crippen MR) is 95.7 cm³/mol. The van der Waals surface area contributed by atoms with E-state index >= 15 is 0 Å². The van der Waals surface area contributed by atoms with Gasteiger partial charge in [0.1, 0.15) is 5.75 Å². The van der Waals surface area contributed by atoms with E-state index in [0.29, 0.717) is 12.3 Å². The summed E-state index contributed by atoms with van der Waals surface area (Å²) in [5, 5.41) is 10.6. The molecule has 6 heteroatoms. The SMILES string of the molecule is NC(=O)COc1ccc(CNCc2cn[nH]c2-c2ccccc2)cc1. The number of carbonyl (C=O) groups is 1. The van der Waals surface area contributed by atoms with Crippen LogP contribution in [0, 0.1) is 0 Å². The summed E-state index contributed by atoms with van der Waals surface area (Å²) in [6.07, 6.45) is 1.84. The zero-order valence-corrected chi connectivity index (χ0v) is 13.7. The highest BCUT2D eigenvalue weighted by Crippen LogP contribution is 2.20. The molecule has 0 atom stereocenters. The summed E-state index contributed by atoms with van der Waals surface area (Å²) >= 11 is 0. The van der Waals surface area contributed by atoms with Gasteiger partial charge in [0.15, 0.2) is 6.61 Å². The van der Waals surface area contributed by atoms with Crippen molar-refractivity contribution < 1.29 is 9.53 Å². The molecule has 0 spiro atoms. The predicted octanol–water partition coefficient (Wildman–Crippen LogP) is 2.23.